The van der Waals surface area contributed by atoms with Crippen molar-refractivity contribution in [3.8, 4) is 0 Å². The maximum Gasteiger partial charge on any atom is 0.101 e. The van der Waals surface area contributed by atoms with Crippen molar-refractivity contribution in [1.29, 1.82) is 0 Å². The first-order chi connectivity index (χ1) is 9.66. The van der Waals surface area contributed by atoms with E-state index in [9.17, 15) is 0 Å². The highest BCUT2D eigenvalue weighted by molar-refractivity contribution is 5.82. The zero-order chi connectivity index (χ0) is 14.1. The van der Waals surface area contributed by atoms with Crippen LogP contribution in [0.4, 0.5) is 5.69 Å². The van der Waals surface area contributed by atoms with E-state index < -0.39 is 0 Å². The van der Waals surface area contributed by atoms with Crippen LogP contribution in [0.15, 0.2) is 24.4 Å². The summed E-state index contributed by atoms with van der Waals surface area (Å²) in [6.45, 7) is 5.70. The molecule has 0 amide bonds. The Morgan fingerprint density at radius 3 is 2.70 bits per heavy atom. The van der Waals surface area contributed by atoms with Crippen molar-refractivity contribution >= 4 is 16.6 Å². The Balaban J connectivity index is 1.98. The molecule has 0 aliphatic carbocycles. The molecule has 1 aliphatic rings. The summed E-state index contributed by atoms with van der Waals surface area (Å²) in [4.78, 5) is 4.54. The van der Waals surface area contributed by atoms with E-state index in [1.54, 1.807) is 0 Å². The van der Waals surface area contributed by atoms with Gasteiger partial charge < -0.3 is 9.64 Å². The lowest BCUT2D eigenvalue weighted by atomic mass is 10.2. The molecule has 0 bridgehead atoms. The van der Waals surface area contributed by atoms with Crippen LogP contribution >= 0.6 is 0 Å². The average molecular weight is 274 g/mol. The minimum absolute atomic E-state index is 0.243. The summed E-state index contributed by atoms with van der Waals surface area (Å²) < 4.78 is 7.50. The monoisotopic (exact) mass is 274 g/mol. The average Bonchev–Trinajstić information content (AvgIpc) is 2.90. The van der Waals surface area contributed by atoms with E-state index in [1.807, 2.05) is 6.20 Å². The lowest BCUT2D eigenvalue weighted by molar-refractivity contribution is 0.122. The zero-order valence-electron chi connectivity index (χ0n) is 12.4. The second-order valence-corrected chi connectivity index (χ2v) is 5.53. The van der Waals surface area contributed by atoms with Gasteiger partial charge in [-0.3, -0.25) is 4.90 Å². The fourth-order valence-electron chi connectivity index (χ4n) is 2.56. The van der Waals surface area contributed by atoms with Crippen molar-refractivity contribution in [2.45, 2.75) is 13.1 Å². The summed E-state index contributed by atoms with van der Waals surface area (Å²) in [5.74, 6) is 0. The van der Waals surface area contributed by atoms with Crippen LogP contribution in [-0.4, -0.2) is 55.1 Å². The maximum atomic E-state index is 5.42. The smallest absolute Gasteiger partial charge is 0.101 e. The molecule has 5 heteroatoms. The van der Waals surface area contributed by atoms with E-state index in [2.05, 4.69) is 58.8 Å². The van der Waals surface area contributed by atoms with Gasteiger partial charge in [-0.05, 0) is 39.2 Å². The predicted octanol–water partition coefficient (Wildman–Crippen LogP) is 1.95. The summed E-state index contributed by atoms with van der Waals surface area (Å²) in [5, 5.41) is 5.72. The van der Waals surface area contributed by atoms with Crippen LogP contribution in [0, 0.1) is 0 Å². The van der Waals surface area contributed by atoms with Crippen molar-refractivity contribution < 1.29 is 4.74 Å². The number of ether oxygens (including phenoxy) is 1. The number of benzene rings is 1. The first-order valence-corrected chi connectivity index (χ1v) is 7.13. The van der Waals surface area contributed by atoms with E-state index in [-0.39, 0.29) is 6.17 Å². The van der Waals surface area contributed by atoms with Gasteiger partial charge in [0, 0.05) is 24.2 Å². The minimum atomic E-state index is 0.243. The van der Waals surface area contributed by atoms with Crippen LogP contribution in [-0.2, 0) is 4.74 Å². The number of morpholine rings is 1. The molecule has 1 aromatic carbocycles. The summed E-state index contributed by atoms with van der Waals surface area (Å²) >= 11 is 0. The second-order valence-electron chi connectivity index (χ2n) is 5.53. The third kappa shape index (κ3) is 2.39. The molecule has 2 aromatic rings. The molecule has 2 heterocycles. The molecule has 1 fully saturated rings. The summed E-state index contributed by atoms with van der Waals surface area (Å²) in [6, 6.07) is 6.58. The van der Waals surface area contributed by atoms with E-state index in [1.165, 1.54) is 16.6 Å². The highest BCUT2D eigenvalue weighted by Gasteiger charge is 2.15. The van der Waals surface area contributed by atoms with Crippen molar-refractivity contribution in [1.82, 2.24) is 14.7 Å². The Morgan fingerprint density at radius 2 is 2.00 bits per heavy atom. The van der Waals surface area contributed by atoms with Gasteiger partial charge in [0.15, 0.2) is 0 Å². The highest BCUT2D eigenvalue weighted by Crippen LogP contribution is 2.25. The molecular weight excluding hydrogens is 252 g/mol. The number of aromatic nitrogens is 2. The minimum Gasteiger partial charge on any atom is -0.378 e. The Labute approximate surface area is 119 Å². The Hall–Kier alpha value is -1.59. The Bertz CT molecular complexity index is 587. The lowest BCUT2D eigenvalue weighted by Gasteiger charge is -2.29. The molecule has 1 saturated heterocycles. The third-order valence-corrected chi connectivity index (χ3v) is 4.06. The maximum absolute atomic E-state index is 5.42. The van der Waals surface area contributed by atoms with Gasteiger partial charge in [0.25, 0.3) is 0 Å². The standard InChI is InChI=1S/C15H22N4O/c1-12(17(2)3)19-15-10-14(5-4-13(15)11-16-19)18-6-8-20-9-7-18/h4-5,10-12H,6-9H2,1-3H3. The van der Waals surface area contributed by atoms with Gasteiger partial charge in [-0.15, -0.1) is 0 Å². The molecule has 108 valence electrons. The number of fused-ring (bicyclic) bond motifs is 1. The molecule has 1 aliphatic heterocycles. The predicted molar refractivity (Wildman–Crippen MR) is 81.2 cm³/mol. The molecule has 20 heavy (non-hydrogen) atoms. The number of anilines is 1. The molecule has 1 unspecified atom stereocenters. The van der Waals surface area contributed by atoms with Gasteiger partial charge in [-0.1, -0.05) is 0 Å². The van der Waals surface area contributed by atoms with Crippen LogP contribution in [0.5, 0.6) is 0 Å². The first-order valence-electron chi connectivity index (χ1n) is 7.13. The Morgan fingerprint density at radius 1 is 1.25 bits per heavy atom. The zero-order valence-corrected chi connectivity index (χ0v) is 12.4. The fraction of sp³-hybridized carbons (Fsp3) is 0.533. The molecule has 1 atom stereocenters. The van der Waals surface area contributed by atoms with E-state index in [0.717, 1.165) is 26.3 Å². The van der Waals surface area contributed by atoms with E-state index in [4.69, 9.17) is 4.74 Å². The van der Waals surface area contributed by atoms with Crippen molar-refractivity contribution in [3.63, 3.8) is 0 Å². The van der Waals surface area contributed by atoms with Crippen molar-refractivity contribution in [2.24, 2.45) is 0 Å². The third-order valence-electron chi connectivity index (χ3n) is 4.06. The SMILES string of the molecule is CC(N(C)C)n1ncc2ccc(N3CCOCC3)cc21. The van der Waals surface area contributed by atoms with Crippen LogP contribution in [0.25, 0.3) is 10.9 Å². The molecular formula is C15H22N4O. The highest BCUT2D eigenvalue weighted by atomic mass is 16.5. The molecule has 1 aromatic heterocycles. The van der Waals surface area contributed by atoms with Gasteiger partial charge in [0.1, 0.15) is 6.17 Å². The topological polar surface area (TPSA) is 33.5 Å². The molecule has 5 nitrogen and oxygen atoms in total. The largest absolute Gasteiger partial charge is 0.378 e. The fourth-order valence-corrected chi connectivity index (χ4v) is 2.56. The Kier molecular flexibility index (Phi) is 3.63. The van der Waals surface area contributed by atoms with Gasteiger partial charge >= 0.3 is 0 Å². The van der Waals surface area contributed by atoms with Gasteiger partial charge in [-0.2, -0.15) is 5.10 Å². The summed E-state index contributed by atoms with van der Waals surface area (Å²) in [6.07, 6.45) is 2.19. The number of nitrogens with zero attached hydrogens (tertiary/aromatic N) is 4. The van der Waals surface area contributed by atoms with Crippen LogP contribution in [0.2, 0.25) is 0 Å². The van der Waals surface area contributed by atoms with Crippen LogP contribution in [0.1, 0.15) is 13.1 Å². The molecule has 0 spiro atoms. The molecule has 0 saturated carbocycles. The number of hydrogen-bond donors (Lipinski definition) is 0. The summed E-state index contributed by atoms with van der Waals surface area (Å²) in [7, 11) is 4.15. The molecule has 3 rings (SSSR count). The van der Waals surface area contributed by atoms with Gasteiger partial charge in [0.2, 0.25) is 0 Å². The first kappa shape index (κ1) is 13.4. The van der Waals surface area contributed by atoms with Gasteiger partial charge in [0.05, 0.1) is 24.9 Å². The molecule has 0 radical (unpaired) electrons. The number of hydrogen-bond acceptors (Lipinski definition) is 4. The second kappa shape index (κ2) is 5.42. The summed E-state index contributed by atoms with van der Waals surface area (Å²) in [5.41, 5.74) is 2.45. The van der Waals surface area contributed by atoms with E-state index in [0.29, 0.717) is 0 Å². The van der Waals surface area contributed by atoms with Crippen molar-refractivity contribution in [3.05, 3.63) is 24.4 Å². The lowest BCUT2D eigenvalue weighted by Crippen LogP contribution is -2.36. The van der Waals surface area contributed by atoms with E-state index >= 15 is 0 Å². The van der Waals surface area contributed by atoms with Crippen LogP contribution in [0.3, 0.4) is 0 Å². The number of rotatable bonds is 3. The van der Waals surface area contributed by atoms with Gasteiger partial charge in [-0.25, -0.2) is 4.68 Å². The normalized spacial score (nSPS) is 17.9. The van der Waals surface area contributed by atoms with Crippen molar-refractivity contribution in [2.75, 3.05) is 45.3 Å². The quantitative estimate of drug-likeness (QED) is 0.856. The van der Waals surface area contributed by atoms with Crippen LogP contribution < -0.4 is 4.90 Å². The molecule has 0 N–H and O–H groups in total.